The van der Waals surface area contributed by atoms with Crippen molar-refractivity contribution >= 4 is 27.4 Å². The second kappa shape index (κ2) is 5.78. The van der Waals surface area contributed by atoms with Gasteiger partial charge in [0.2, 0.25) is 0 Å². The molecule has 0 bridgehead atoms. The Balaban J connectivity index is 2.38. The number of hydrogen-bond acceptors (Lipinski definition) is 3. The average Bonchev–Trinajstić information content (AvgIpc) is 2.37. The van der Waals surface area contributed by atoms with Crippen LogP contribution in [0.25, 0.3) is 0 Å². The van der Waals surface area contributed by atoms with E-state index in [4.69, 9.17) is 0 Å². The number of aryl methyl sites for hydroxylation is 1. The topological polar surface area (TPSA) is 37.8 Å². The Morgan fingerprint density at radius 1 is 1.20 bits per heavy atom. The molecule has 0 unspecified atom stereocenters. The Kier molecular flexibility index (Phi) is 4.27. The molecule has 7 heteroatoms. The van der Waals surface area contributed by atoms with Crippen LogP contribution in [-0.4, -0.2) is 9.97 Å². The highest BCUT2D eigenvalue weighted by atomic mass is 79.9. The van der Waals surface area contributed by atoms with Gasteiger partial charge in [-0.15, -0.1) is 0 Å². The normalized spacial score (nSPS) is 11.4. The van der Waals surface area contributed by atoms with Crippen LogP contribution in [0, 0.1) is 0 Å². The highest BCUT2D eigenvalue weighted by molar-refractivity contribution is 9.10. The maximum absolute atomic E-state index is 12.9. The van der Waals surface area contributed by atoms with E-state index in [0.717, 1.165) is 6.07 Å². The molecule has 0 amide bonds. The molecule has 1 aromatic carbocycles. The number of anilines is 2. The van der Waals surface area contributed by atoms with E-state index in [2.05, 4.69) is 31.2 Å². The number of aromatic nitrogens is 2. The summed E-state index contributed by atoms with van der Waals surface area (Å²) in [6.45, 7) is 1.87. The van der Waals surface area contributed by atoms with Crippen LogP contribution >= 0.6 is 15.9 Å². The van der Waals surface area contributed by atoms with Crippen LogP contribution in [-0.2, 0) is 12.6 Å². The third-order valence-corrected chi connectivity index (χ3v) is 2.96. The third kappa shape index (κ3) is 3.47. The standard InChI is InChI=1S/C13H11BrF3N3/c1-2-11-19-10(14)7-12(20-11)18-9-6-4-3-5-8(9)13(15,16)17/h3-7H,2H2,1H3,(H,18,19,20). The Hall–Kier alpha value is -1.63. The summed E-state index contributed by atoms with van der Waals surface area (Å²) in [4.78, 5) is 8.26. The van der Waals surface area contributed by atoms with Gasteiger partial charge in [0.15, 0.2) is 0 Å². The molecule has 3 nitrogen and oxygen atoms in total. The molecule has 0 saturated carbocycles. The molecule has 0 saturated heterocycles. The Morgan fingerprint density at radius 2 is 1.90 bits per heavy atom. The minimum absolute atomic E-state index is 0.0346. The number of rotatable bonds is 3. The largest absolute Gasteiger partial charge is 0.418 e. The number of halogens is 4. The molecule has 1 N–H and O–H groups in total. The van der Waals surface area contributed by atoms with Gasteiger partial charge in [-0.1, -0.05) is 19.1 Å². The zero-order valence-corrected chi connectivity index (χ0v) is 12.1. The molecular formula is C13H11BrF3N3. The lowest BCUT2D eigenvalue weighted by molar-refractivity contribution is -0.136. The van der Waals surface area contributed by atoms with Crippen molar-refractivity contribution in [3.8, 4) is 0 Å². The van der Waals surface area contributed by atoms with Gasteiger partial charge in [0, 0.05) is 12.5 Å². The summed E-state index contributed by atoms with van der Waals surface area (Å²) in [6, 6.07) is 6.81. The number of hydrogen-bond donors (Lipinski definition) is 1. The lowest BCUT2D eigenvalue weighted by atomic mass is 10.1. The minimum atomic E-state index is -4.42. The second-order valence-electron chi connectivity index (χ2n) is 4.01. The molecule has 0 radical (unpaired) electrons. The molecule has 2 rings (SSSR count). The molecule has 2 aromatic rings. The van der Waals surface area contributed by atoms with Gasteiger partial charge in [-0.3, -0.25) is 0 Å². The van der Waals surface area contributed by atoms with Gasteiger partial charge in [0.1, 0.15) is 16.2 Å². The predicted octanol–water partition coefficient (Wildman–Crippen LogP) is 4.56. The predicted molar refractivity (Wildman–Crippen MR) is 73.8 cm³/mol. The van der Waals surface area contributed by atoms with Crippen molar-refractivity contribution in [2.45, 2.75) is 19.5 Å². The smallest absolute Gasteiger partial charge is 0.340 e. The number of nitrogens with one attached hydrogen (secondary N) is 1. The fourth-order valence-corrected chi connectivity index (χ4v) is 2.09. The summed E-state index contributed by atoms with van der Waals surface area (Å²) in [6.07, 6.45) is -3.82. The lowest BCUT2D eigenvalue weighted by Crippen LogP contribution is -2.09. The van der Waals surface area contributed by atoms with Gasteiger partial charge >= 0.3 is 6.18 Å². The highest BCUT2D eigenvalue weighted by Crippen LogP contribution is 2.35. The summed E-state index contributed by atoms with van der Waals surface area (Å²) in [5.74, 6) is 0.867. The van der Waals surface area contributed by atoms with Gasteiger partial charge in [-0.2, -0.15) is 13.2 Å². The SMILES string of the molecule is CCc1nc(Br)cc(Nc2ccccc2C(F)(F)F)n1. The molecule has 0 spiro atoms. The van der Waals surface area contributed by atoms with Gasteiger partial charge in [0.25, 0.3) is 0 Å². The van der Waals surface area contributed by atoms with Crippen molar-refractivity contribution in [3.05, 3.63) is 46.3 Å². The van der Waals surface area contributed by atoms with Crippen LogP contribution in [0.3, 0.4) is 0 Å². The molecule has 1 aromatic heterocycles. The van der Waals surface area contributed by atoms with E-state index in [0.29, 0.717) is 22.7 Å². The maximum Gasteiger partial charge on any atom is 0.418 e. The quantitative estimate of drug-likeness (QED) is 0.828. The molecule has 20 heavy (non-hydrogen) atoms. The Bertz CT molecular complexity index is 614. The van der Waals surface area contributed by atoms with Crippen molar-refractivity contribution in [2.24, 2.45) is 0 Å². The Morgan fingerprint density at radius 3 is 2.55 bits per heavy atom. The monoisotopic (exact) mass is 345 g/mol. The van der Waals surface area contributed by atoms with E-state index >= 15 is 0 Å². The van der Waals surface area contributed by atoms with Gasteiger partial charge in [0.05, 0.1) is 11.3 Å². The van der Waals surface area contributed by atoms with Crippen LogP contribution in [0.2, 0.25) is 0 Å². The molecule has 0 aliphatic rings. The van der Waals surface area contributed by atoms with Gasteiger partial charge < -0.3 is 5.32 Å². The zero-order valence-electron chi connectivity index (χ0n) is 10.5. The summed E-state index contributed by atoms with van der Waals surface area (Å²) >= 11 is 3.21. The second-order valence-corrected chi connectivity index (χ2v) is 4.83. The van der Waals surface area contributed by atoms with Crippen LogP contribution in [0.5, 0.6) is 0 Å². The Labute approximate surface area is 122 Å². The first-order chi connectivity index (χ1) is 9.40. The summed E-state index contributed by atoms with van der Waals surface area (Å²) in [5.41, 5.74) is -0.763. The molecular weight excluding hydrogens is 335 g/mol. The first-order valence-corrected chi connectivity index (χ1v) is 6.66. The molecule has 1 heterocycles. The molecule has 0 aliphatic heterocycles. The summed E-state index contributed by atoms with van der Waals surface area (Å²) in [5, 5.41) is 2.69. The number of alkyl halides is 3. The first kappa shape index (κ1) is 14.8. The number of benzene rings is 1. The maximum atomic E-state index is 12.9. The van der Waals surface area contributed by atoms with Crippen molar-refractivity contribution in [1.82, 2.24) is 9.97 Å². The van der Waals surface area contributed by atoms with Crippen LogP contribution in [0.4, 0.5) is 24.7 Å². The average molecular weight is 346 g/mol. The number of para-hydroxylation sites is 1. The van der Waals surface area contributed by atoms with E-state index < -0.39 is 11.7 Å². The fourth-order valence-electron chi connectivity index (χ4n) is 1.66. The third-order valence-electron chi connectivity index (χ3n) is 2.55. The minimum Gasteiger partial charge on any atom is -0.340 e. The van der Waals surface area contributed by atoms with Crippen molar-refractivity contribution in [3.63, 3.8) is 0 Å². The summed E-state index contributed by atoms with van der Waals surface area (Å²) in [7, 11) is 0. The van der Waals surface area contributed by atoms with Crippen molar-refractivity contribution < 1.29 is 13.2 Å². The first-order valence-electron chi connectivity index (χ1n) is 5.87. The summed E-state index contributed by atoms with van der Waals surface area (Å²) < 4.78 is 39.2. The fraction of sp³-hybridized carbons (Fsp3) is 0.231. The van der Waals surface area contributed by atoms with Gasteiger partial charge in [-0.25, -0.2) is 9.97 Å². The number of nitrogens with zero attached hydrogens (tertiary/aromatic N) is 2. The molecule has 0 fully saturated rings. The van der Waals surface area contributed by atoms with Crippen LogP contribution in [0.15, 0.2) is 34.9 Å². The van der Waals surface area contributed by atoms with Gasteiger partial charge in [-0.05, 0) is 28.1 Å². The molecule has 0 atom stereocenters. The van der Waals surface area contributed by atoms with Crippen LogP contribution < -0.4 is 5.32 Å². The molecule has 106 valence electrons. The van der Waals surface area contributed by atoms with Crippen LogP contribution in [0.1, 0.15) is 18.3 Å². The molecule has 0 aliphatic carbocycles. The highest BCUT2D eigenvalue weighted by Gasteiger charge is 2.33. The van der Waals surface area contributed by atoms with E-state index in [-0.39, 0.29) is 5.69 Å². The van der Waals surface area contributed by atoms with E-state index in [1.165, 1.54) is 24.3 Å². The van der Waals surface area contributed by atoms with E-state index in [1.54, 1.807) is 0 Å². The van der Waals surface area contributed by atoms with E-state index in [1.807, 2.05) is 6.92 Å². The van der Waals surface area contributed by atoms with E-state index in [9.17, 15) is 13.2 Å². The zero-order chi connectivity index (χ0) is 14.8. The lowest BCUT2D eigenvalue weighted by Gasteiger charge is -2.14. The van der Waals surface area contributed by atoms with Crippen molar-refractivity contribution in [1.29, 1.82) is 0 Å². The van der Waals surface area contributed by atoms with Crippen molar-refractivity contribution in [2.75, 3.05) is 5.32 Å².